The number of methoxy groups -OCH3 is 2. The monoisotopic (exact) mass is 505 g/mol. The molecule has 9 heteroatoms. The van der Waals surface area contributed by atoms with Gasteiger partial charge in [-0.2, -0.15) is 0 Å². The fraction of sp³-hybridized carbons (Fsp3) is 0.321. The first-order valence-corrected chi connectivity index (χ1v) is 12.2. The highest BCUT2D eigenvalue weighted by Gasteiger charge is 2.46. The van der Waals surface area contributed by atoms with Crippen LogP contribution in [0.2, 0.25) is 0 Å². The zero-order chi connectivity index (χ0) is 26.4. The number of aliphatic hydroxyl groups excluding tert-OH is 1. The first-order valence-electron chi connectivity index (χ1n) is 12.2. The average molecular weight is 506 g/mol. The van der Waals surface area contributed by atoms with Gasteiger partial charge >= 0.3 is 0 Å². The molecule has 0 bridgehead atoms. The van der Waals surface area contributed by atoms with Gasteiger partial charge in [-0.1, -0.05) is 13.0 Å². The summed E-state index contributed by atoms with van der Waals surface area (Å²) in [6.07, 6.45) is 6.67. The Morgan fingerprint density at radius 3 is 2.46 bits per heavy atom. The van der Waals surface area contributed by atoms with Crippen LogP contribution in [-0.4, -0.2) is 58.6 Å². The van der Waals surface area contributed by atoms with Crippen LogP contribution in [0.15, 0.2) is 66.8 Å². The third kappa shape index (κ3) is 5.45. The smallest absolute Gasteiger partial charge is 0.295 e. The Labute approximate surface area is 215 Å². The molecule has 1 amide bonds. The number of nitrogens with zero attached hydrogens (tertiary/aromatic N) is 3. The quantitative estimate of drug-likeness (QED) is 0.237. The van der Waals surface area contributed by atoms with E-state index >= 15 is 0 Å². The molecule has 0 spiro atoms. The van der Waals surface area contributed by atoms with Gasteiger partial charge in [0.25, 0.3) is 11.7 Å². The molecule has 2 aromatic carbocycles. The van der Waals surface area contributed by atoms with Crippen LogP contribution in [0.1, 0.15) is 36.9 Å². The summed E-state index contributed by atoms with van der Waals surface area (Å²) < 4.78 is 18.4. The number of ketones is 1. The summed E-state index contributed by atoms with van der Waals surface area (Å²) in [5.41, 5.74) is 1.08. The van der Waals surface area contributed by atoms with Crippen LogP contribution in [0.5, 0.6) is 17.2 Å². The first kappa shape index (κ1) is 25.8. The molecule has 1 N–H and O–H groups in total. The highest BCUT2D eigenvalue weighted by Crippen LogP contribution is 2.42. The number of benzene rings is 2. The normalized spacial score (nSPS) is 16.7. The molecule has 0 aliphatic carbocycles. The number of imidazole rings is 1. The van der Waals surface area contributed by atoms with Crippen molar-refractivity contribution in [3.05, 3.63) is 77.9 Å². The van der Waals surface area contributed by atoms with Gasteiger partial charge in [-0.15, -0.1) is 0 Å². The molecule has 3 aromatic rings. The van der Waals surface area contributed by atoms with Crippen LogP contribution in [0.3, 0.4) is 0 Å². The number of aliphatic hydroxyl groups is 1. The van der Waals surface area contributed by atoms with Crippen LogP contribution >= 0.6 is 0 Å². The molecule has 0 saturated carbocycles. The third-order valence-corrected chi connectivity index (χ3v) is 6.24. The van der Waals surface area contributed by atoms with Crippen LogP contribution in [0, 0.1) is 0 Å². The predicted molar refractivity (Wildman–Crippen MR) is 138 cm³/mol. The Morgan fingerprint density at radius 2 is 1.81 bits per heavy atom. The SMILES string of the molecule is CCCOc1ccc(C2/C(=C(/O)c3ccc(OC)cc3)C(=O)C(=O)N2CCCn2ccnc2)cc1OC. The lowest BCUT2D eigenvalue weighted by molar-refractivity contribution is -0.139. The number of aromatic nitrogens is 2. The highest BCUT2D eigenvalue weighted by atomic mass is 16.5. The van der Waals surface area contributed by atoms with Gasteiger partial charge in [0, 0.05) is 31.0 Å². The molecule has 1 fully saturated rings. The van der Waals surface area contributed by atoms with Crippen molar-refractivity contribution in [2.45, 2.75) is 32.4 Å². The summed E-state index contributed by atoms with van der Waals surface area (Å²) in [5, 5.41) is 11.3. The summed E-state index contributed by atoms with van der Waals surface area (Å²) in [7, 11) is 3.09. The molecule has 4 rings (SSSR count). The van der Waals surface area contributed by atoms with Gasteiger partial charge in [0.05, 0.1) is 38.8 Å². The molecule has 9 nitrogen and oxygen atoms in total. The van der Waals surface area contributed by atoms with E-state index in [9.17, 15) is 14.7 Å². The second kappa shape index (κ2) is 11.6. The van der Waals surface area contributed by atoms with E-state index in [1.807, 2.05) is 17.7 Å². The number of likely N-dealkylation sites (tertiary alicyclic amines) is 1. The Kier molecular flexibility index (Phi) is 8.12. The number of amides is 1. The third-order valence-electron chi connectivity index (χ3n) is 6.24. The fourth-order valence-electron chi connectivity index (χ4n) is 4.39. The van der Waals surface area contributed by atoms with E-state index in [2.05, 4.69) is 4.98 Å². The van der Waals surface area contributed by atoms with E-state index in [0.717, 1.165) is 6.42 Å². The zero-order valence-electron chi connectivity index (χ0n) is 21.2. The van der Waals surface area contributed by atoms with E-state index in [-0.39, 0.29) is 11.3 Å². The minimum Gasteiger partial charge on any atom is -0.507 e. The van der Waals surface area contributed by atoms with Crippen molar-refractivity contribution < 1.29 is 28.9 Å². The summed E-state index contributed by atoms with van der Waals surface area (Å²) in [6, 6.07) is 11.2. The van der Waals surface area contributed by atoms with Crippen molar-refractivity contribution >= 4 is 17.4 Å². The van der Waals surface area contributed by atoms with Crippen molar-refractivity contribution in [3.8, 4) is 17.2 Å². The fourth-order valence-corrected chi connectivity index (χ4v) is 4.39. The van der Waals surface area contributed by atoms with Crippen LogP contribution in [-0.2, 0) is 16.1 Å². The molecule has 1 aliphatic rings. The first-order chi connectivity index (χ1) is 18.0. The van der Waals surface area contributed by atoms with E-state index in [1.54, 1.807) is 62.1 Å². The minimum atomic E-state index is -0.793. The molecular weight excluding hydrogens is 474 g/mol. The number of ether oxygens (including phenoxy) is 3. The zero-order valence-corrected chi connectivity index (χ0v) is 21.2. The molecule has 194 valence electrons. The number of carbonyl (C=O) groups is 2. The molecule has 2 heterocycles. The second-order valence-electron chi connectivity index (χ2n) is 8.63. The Balaban J connectivity index is 1.75. The largest absolute Gasteiger partial charge is 0.507 e. The predicted octanol–water partition coefficient (Wildman–Crippen LogP) is 4.20. The maximum Gasteiger partial charge on any atom is 0.295 e. The van der Waals surface area contributed by atoms with Gasteiger partial charge in [0.15, 0.2) is 11.5 Å². The van der Waals surface area contributed by atoms with E-state index in [0.29, 0.717) is 54.5 Å². The molecule has 0 radical (unpaired) electrons. The topological polar surface area (TPSA) is 103 Å². The maximum absolute atomic E-state index is 13.3. The molecular formula is C28H31N3O6. The second-order valence-corrected chi connectivity index (χ2v) is 8.63. The van der Waals surface area contributed by atoms with Crippen LogP contribution in [0.4, 0.5) is 0 Å². The highest BCUT2D eigenvalue weighted by molar-refractivity contribution is 6.46. The molecule has 1 atom stereocenters. The summed E-state index contributed by atoms with van der Waals surface area (Å²) in [6.45, 7) is 3.47. The van der Waals surface area contributed by atoms with E-state index < -0.39 is 17.7 Å². The van der Waals surface area contributed by atoms with Gasteiger partial charge in [0.1, 0.15) is 11.5 Å². The van der Waals surface area contributed by atoms with Crippen molar-refractivity contribution in [1.82, 2.24) is 14.5 Å². The van der Waals surface area contributed by atoms with Crippen molar-refractivity contribution in [3.63, 3.8) is 0 Å². The van der Waals surface area contributed by atoms with Crippen LogP contribution in [0.25, 0.3) is 5.76 Å². The van der Waals surface area contributed by atoms with E-state index in [4.69, 9.17) is 14.2 Å². The Hall–Kier alpha value is -4.27. The molecule has 1 saturated heterocycles. The number of rotatable bonds is 11. The van der Waals surface area contributed by atoms with Crippen molar-refractivity contribution in [2.75, 3.05) is 27.4 Å². The Morgan fingerprint density at radius 1 is 1.03 bits per heavy atom. The van der Waals surface area contributed by atoms with Crippen molar-refractivity contribution in [2.24, 2.45) is 0 Å². The number of hydrogen-bond acceptors (Lipinski definition) is 7. The number of hydrogen-bond donors (Lipinski definition) is 1. The van der Waals surface area contributed by atoms with Gasteiger partial charge in [0.2, 0.25) is 0 Å². The minimum absolute atomic E-state index is 0.0297. The molecule has 1 aliphatic heterocycles. The summed E-state index contributed by atoms with van der Waals surface area (Å²) in [5.74, 6) is 0.0377. The number of aryl methyl sites for hydroxylation is 1. The summed E-state index contributed by atoms with van der Waals surface area (Å²) >= 11 is 0. The van der Waals surface area contributed by atoms with Gasteiger partial charge in [-0.05, 0) is 54.8 Å². The Bertz CT molecular complexity index is 1270. The molecule has 37 heavy (non-hydrogen) atoms. The van der Waals surface area contributed by atoms with Gasteiger partial charge < -0.3 is 28.8 Å². The van der Waals surface area contributed by atoms with E-state index in [1.165, 1.54) is 12.0 Å². The number of Topliss-reactive ketones (excluding diaryl/α,β-unsaturated/α-hetero) is 1. The van der Waals surface area contributed by atoms with Crippen LogP contribution < -0.4 is 14.2 Å². The number of carbonyl (C=O) groups excluding carboxylic acids is 2. The average Bonchev–Trinajstić information content (AvgIpc) is 3.54. The molecule has 1 aromatic heterocycles. The summed E-state index contributed by atoms with van der Waals surface area (Å²) in [4.78, 5) is 32.1. The van der Waals surface area contributed by atoms with Gasteiger partial charge in [-0.3, -0.25) is 9.59 Å². The van der Waals surface area contributed by atoms with Crippen molar-refractivity contribution in [1.29, 1.82) is 0 Å². The standard InChI is InChI=1S/C28H31N3O6/c1-4-16-37-22-11-8-20(17-23(22)36-3)25-24(26(32)19-6-9-21(35-2)10-7-19)27(33)28(34)31(25)14-5-13-30-15-12-29-18-30/h6-12,15,17-18,25,32H,4-5,13-14,16H2,1-3H3/b26-24-. The lowest BCUT2D eigenvalue weighted by atomic mass is 9.95. The lowest BCUT2D eigenvalue weighted by Gasteiger charge is -2.26. The van der Waals surface area contributed by atoms with Gasteiger partial charge in [-0.25, -0.2) is 4.98 Å². The lowest BCUT2D eigenvalue weighted by Crippen LogP contribution is -2.31. The maximum atomic E-state index is 13.3. The molecule has 1 unspecified atom stereocenters.